The van der Waals surface area contributed by atoms with Gasteiger partial charge < -0.3 is 10.6 Å². The quantitative estimate of drug-likeness (QED) is 0.678. The Morgan fingerprint density at radius 3 is 2.93 bits per heavy atom. The highest BCUT2D eigenvalue weighted by Crippen LogP contribution is 1.97. The molecule has 0 atom stereocenters. The normalized spacial score (nSPS) is 9.57. The third-order valence-corrected chi connectivity index (χ3v) is 1.58. The third kappa shape index (κ3) is 3.84. The van der Waals surface area contributed by atoms with Crippen molar-refractivity contribution in [2.45, 2.75) is 13.8 Å². The van der Waals surface area contributed by atoms with Crippen LogP contribution in [0.2, 0.25) is 0 Å². The Morgan fingerprint density at radius 2 is 2.29 bits per heavy atom. The lowest BCUT2D eigenvalue weighted by atomic mass is 10.5. The number of aromatic nitrogens is 2. The van der Waals surface area contributed by atoms with Gasteiger partial charge in [0, 0.05) is 31.9 Å². The molecule has 1 amide bonds. The minimum atomic E-state index is -0.0306. The molecule has 5 nitrogen and oxygen atoms in total. The molecule has 14 heavy (non-hydrogen) atoms. The first-order valence-corrected chi connectivity index (χ1v) is 4.46. The fourth-order valence-electron chi connectivity index (χ4n) is 0.947. The Balaban J connectivity index is 2.28. The van der Waals surface area contributed by atoms with E-state index < -0.39 is 0 Å². The van der Waals surface area contributed by atoms with E-state index in [1.54, 1.807) is 6.20 Å². The van der Waals surface area contributed by atoms with Crippen molar-refractivity contribution < 1.29 is 4.79 Å². The second-order valence-corrected chi connectivity index (χ2v) is 2.93. The molecule has 0 spiro atoms. The molecule has 5 heteroatoms. The Hall–Kier alpha value is -1.65. The van der Waals surface area contributed by atoms with Crippen LogP contribution < -0.4 is 10.6 Å². The van der Waals surface area contributed by atoms with Crippen molar-refractivity contribution in [1.29, 1.82) is 0 Å². The molecular weight excluding hydrogens is 180 g/mol. The minimum Gasteiger partial charge on any atom is -0.355 e. The van der Waals surface area contributed by atoms with Gasteiger partial charge in [-0.05, 0) is 13.0 Å². The van der Waals surface area contributed by atoms with Crippen molar-refractivity contribution >= 4 is 11.9 Å². The monoisotopic (exact) mass is 194 g/mol. The van der Waals surface area contributed by atoms with Crippen molar-refractivity contribution in [1.82, 2.24) is 15.3 Å². The Labute approximate surface area is 83.0 Å². The van der Waals surface area contributed by atoms with E-state index >= 15 is 0 Å². The summed E-state index contributed by atoms with van der Waals surface area (Å²) in [6.45, 7) is 4.60. The van der Waals surface area contributed by atoms with Crippen molar-refractivity contribution in [2.24, 2.45) is 0 Å². The molecule has 1 heterocycles. The lowest BCUT2D eigenvalue weighted by Gasteiger charge is -2.04. The zero-order chi connectivity index (χ0) is 10.4. The van der Waals surface area contributed by atoms with Gasteiger partial charge >= 0.3 is 0 Å². The van der Waals surface area contributed by atoms with E-state index in [2.05, 4.69) is 20.6 Å². The Bertz CT molecular complexity index is 313. The van der Waals surface area contributed by atoms with E-state index in [9.17, 15) is 4.79 Å². The lowest BCUT2D eigenvalue weighted by molar-refractivity contribution is -0.118. The summed E-state index contributed by atoms with van der Waals surface area (Å²) in [5.41, 5.74) is 0.919. The highest BCUT2D eigenvalue weighted by Gasteiger charge is 1.94. The molecule has 0 aliphatic rings. The van der Waals surface area contributed by atoms with Crippen molar-refractivity contribution in [2.75, 3.05) is 18.4 Å². The first-order valence-electron chi connectivity index (χ1n) is 4.46. The number of rotatable bonds is 4. The molecule has 0 fully saturated rings. The molecular formula is C9H14N4O. The fourth-order valence-corrected chi connectivity index (χ4v) is 0.947. The first-order chi connectivity index (χ1) is 6.68. The van der Waals surface area contributed by atoms with Gasteiger partial charge in [-0.1, -0.05) is 0 Å². The highest BCUT2D eigenvalue weighted by atomic mass is 16.1. The van der Waals surface area contributed by atoms with Gasteiger partial charge in [-0.2, -0.15) is 0 Å². The molecule has 0 radical (unpaired) electrons. The van der Waals surface area contributed by atoms with Crippen molar-refractivity contribution in [3.63, 3.8) is 0 Å². The van der Waals surface area contributed by atoms with Gasteiger partial charge in [0.1, 0.15) is 0 Å². The number of carbonyl (C=O) groups is 1. The van der Waals surface area contributed by atoms with Crippen LogP contribution in [0.25, 0.3) is 0 Å². The summed E-state index contributed by atoms with van der Waals surface area (Å²) in [6, 6.07) is 1.83. The second-order valence-electron chi connectivity index (χ2n) is 2.93. The molecule has 76 valence electrons. The van der Waals surface area contributed by atoms with Gasteiger partial charge in [0.15, 0.2) is 0 Å². The minimum absolute atomic E-state index is 0.0306. The standard InChI is InChI=1S/C9H14N4O/c1-7-3-4-11-9(13-7)12-6-5-10-8(2)14/h3-4H,5-6H2,1-2H3,(H,10,14)(H,11,12,13). The van der Waals surface area contributed by atoms with Crippen LogP contribution in [0.3, 0.4) is 0 Å². The molecule has 0 saturated heterocycles. The van der Waals surface area contributed by atoms with E-state index in [0.29, 0.717) is 19.0 Å². The van der Waals surface area contributed by atoms with E-state index in [0.717, 1.165) is 5.69 Å². The predicted molar refractivity (Wildman–Crippen MR) is 53.9 cm³/mol. The fraction of sp³-hybridized carbons (Fsp3) is 0.444. The van der Waals surface area contributed by atoms with Crippen LogP contribution in [-0.2, 0) is 4.79 Å². The number of nitrogens with zero attached hydrogens (tertiary/aromatic N) is 2. The first kappa shape index (κ1) is 10.4. The summed E-state index contributed by atoms with van der Waals surface area (Å²) in [6.07, 6.45) is 1.70. The Kier molecular flexibility index (Phi) is 3.84. The molecule has 0 aliphatic carbocycles. The summed E-state index contributed by atoms with van der Waals surface area (Å²) < 4.78 is 0. The van der Waals surface area contributed by atoms with Crippen molar-refractivity contribution in [3.05, 3.63) is 18.0 Å². The topological polar surface area (TPSA) is 66.9 Å². The van der Waals surface area contributed by atoms with Gasteiger partial charge in [0.2, 0.25) is 11.9 Å². The molecule has 2 N–H and O–H groups in total. The second kappa shape index (κ2) is 5.16. The van der Waals surface area contributed by atoms with Crippen LogP contribution >= 0.6 is 0 Å². The van der Waals surface area contributed by atoms with Crippen LogP contribution in [0.5, 0.6) is 0 Å². The number of hydrogen-bond acceptors (Lipinski definition) is 4. The highest BCUT2D eigenvalue weighted by molar-refractivity contribution is 5.72. The molecule has 0 bridgehead atoms. The Morgan fingerprint density at radius 1 is 1.50 bits per heavy atom. The number of nitrogens with one attached hydrogen (secondary N) is 2. The maximum absolute atomic E-state index is 10.5. The predicted octanol–water partition coefficient (Wildman–Crippen LogP) is 0.333. The number of anilines is 1. The summed E-state index contributed by atoms with van der Waals surface area (Å²) >= 11 is 0. The zero-order valence-corrected chi connectivity index (χ0v) is 8.37. The maximum atomic E-state index is 10.5. The van der Waals surface area contributed by atoms with Gasteiger partial charge in [-0.25, -0.2) is 9.97 Å². The molecule has 1 aromatic rings. The van der Waals surface area contributed by atoms with Gasteiger partial charge in [-0.15, -0.1) is 0 Å². The summed E-state index contributed by atoms with van der Waals surface area (Å²) in [5.74, 6) is 0.562. The van der Waals surface area contributed by atoms with Crippen LogP contribution in [-0.4, -0.2) is 29.0 Å². The molecule has 1 rings (SSSR count). The van der Waals surface area contributed by atoms with Gasteiger partial charge in [0.25, 0.3) is 0 Å². The largest absolute Gasteiger partial charge is 0.355 e. The SMILES string of the molecule is CC(=O)NCCNc1nccc(C)n1. The third-order valence-electron chi connectivity index (χ3n) is 1.58. The van der Waals surface area contributed by atoms with Gasteiger partial charge in [0.05, 0.1) is 0 Å². The van der Waals surface area contributed by atoms with Crippen LogP contribution in [0, 0.1) is 6.92 Å². The smallest absolute Gasteiger partial charge is 0.222 e. The number of carbonyl (C=O) groups excluding carboxylic acids is 1. The number of aryl methyl sites for hydroxylation is 1. The van der Waals surface area contributed by atoms with Crippen LogP contribution in [0.4, 0.5) is 5.95 Å². The summed E-state index contributed by atoms with van der Waals surface area (Å²) in [5, 5.41) is 5.68. The van der Waals surface area contributed by atoms with Crippen LogP contribution in [0.1, 0.15) is 12.6 Å². The molecule has 0 unspecified atom stereocenters. The average Bonchev–Trinajstić information content (AvgIpc) is 2.12. The maximum Gasteiger partial charge on any atom is 0.222 e. The molecule has 0 aliphatic heterocycles. The van der Waals surface area contributed by atoms with E-state index in [-0.39, 0.29) is 5.91 Å². The molecule has 0 saturated carbocycles. The van der Waals surface area contributed by atoms with E-state index in [4.69, 9.17) is 0 Å². The molecule has 0 aromatic carbocycles. The van der Waals surface area contributed by atoms with Gasteiger partial charge in [-0.3, -0.25) is 4.79 Å². The van der Waals surface area contributed by atoms with Crippen LogP contribution in [0.15, 0.2) is 12.3 Å². The lowest BCUT2D eigenvalue weighted by Crippen LogP contribution is -2.26. The zero-order valence-electron chi connectivity index (χ0n) is 8.37. The van der Waals surface area contributed by atoms with E-state index in [1.807, 2.05) is 13.0 Å². The summed E-state index contributed by atoms with van der Waals surface area (Å²) in [4.78, 5) is 18.7. The number of amides is 1. The summed E-state index contributed by atoms with van der Waals surface area (Å²) in [7, 11) is 0. The average molecular weight is 194 g/mol. The van der Waals surface area contributed by atoms with E-state index in [1.165, 1.54) is 6.92 Å². The molecule has 1 aromatic heterocycles. The number of hydrogen-bond donors (Lipinski definition) is 2. The van der Waals surface area contributed by atoms with Crippen molar-refractivity contribution in [3.8, 4) is 0 Å².